The van der Waals surface area contributed by atoms with Crippen molar-refractivity contribution in [3.05, 3.63) is 71.3 Å². The highest BCUT2D eigenvalue weighted by molar-refractivity contribution is 6.05. The Kier molecular flexibility index (Phi) is 5.81. The highest BCUT2D eigenvalue weighted by Gasteiger charge is 2.23. The lowest BCUT2D eigenvalue weighted by molar-refractivity contribution is -0.124. The zero-order valence-corrected chi connectivity index (χ0v) is 17.3. The van der Waals surface area contributed by atoms with Gasteiger partial charge in [-0.2, -0.15) is 5.10 Å². The Morgan fingerprint density at radius 2 is 1.90 bits per heavy atom. The molecular weight excluding hydrogens is 399 g/mol. The fourth-order valence-electron chi connectivity index (χ4n) is 3.58. The number of aryl methyl sites for hydroxylation is 2. The molecule has 0 bridgehead atoms. The number of nitrogens with one attached hydrogen (secondary N) is 2. The first-order valence-corrected chi connectivity index (χ1v) is 10.1. The van der Waals surface area contributed by atoms with Crippen LogP contribution in [0.5, 0.6) is 0 Å². The lowest BCUT2D eigenvalue weighted by Crippen LogP contribution is -2.27. The van der Waals surface area contributed by atoms with Gasteiger partial charge in [-0.05, 0) is 69.2 Å². The van der Waals surface area contributed by atoms with Crippen molar-refractivity contribution in [1.82, 2.24) is 9.78 Å². The first-order chi connectivity index (χ1) is 14.9. The molecule has 1 fully saturated rings. The molecule has 2 aromatic carbocycles. The summed E-state index contributed by atoms with van der Waals surface area (Å²) in [5.74, 6) is -1.13. The number of carbonyl (C=O) groups excluding carboxylic acids is 2. The molecule has 7 nitrogen and oxygen atoms in total. The van der Waals surface area contributed by atoms with E-state index in [0.29, 0.717) is 35.7 Å². The smallest absolute Gasteiger partial charge is 0.255 e. The van der Waals surface area contributed by atoms with Crippen molar-refractivity contribution in [3.8, 4) is 5.69 Å². The molecule has 1 aliphatic rings. The molecule has 160 valence electrons. The normalized spacial score (nSPS) is 15.6. The predicted molar refractivity (Wildman–Crippen MR) is 115 cm³/mol. The molecule has 1 saturated heterocycles. The third-order valence-corrected chi connectivity index (χ3v) is 5.06. The molecule has 0 radical (unpaired) electrons. The van der Waals surface area contributed by atoms with Gasteiger partial charge < -0.3 is 15.4 Å². The van der Waals surface area contributed by atoms with Crippen LogP contribution in [0.1, 0.15) is 34.6 Å². The Morgan fingerprint density at radius 3 is 2.58 bits per heavy atom. The molecule has 1 atom stereocenters. The maximum absolute atomic E-state index is 14.7. The van der Waals surface area contributed by atoms with Crippen LogP contribution in [0.3, 0.4) is 0 Å². The highest BCUT2D eigenvalue weighted by Crippen LogP contribution is 2.21. The van der Waals surface area contributed by atoms with E-state index in [1.54, 1.807) is 36.4 Å². The van der Waals surface area contributed by atoms with E-state index in [4.69, 9.17) is 4.74 Å². The van der Waals surface area contributed by atoms with Gasteiger partial charge in [0, 0.05) is 29.2 Å². The number of aromatic nitrogens is 2. The minimum absolute atomic E-state index is 0.225. The maximum Gasteiger partial charge on any atom is 0.255 e. The van der Waals surface area contributed by atoms with Crippen molar-refractivity contribution < 1.29 is 18.7 Å². The summed E-state index contributed by atoms with van der Waals surface area (Å²) in [6, 6.07) is 12.9. The van der Waals surface area contributed by atoms with Crippen molar-refractivity contribution in [3.63, 3.8) is 0 Å². The molecule has 1 aliphatic heterocycles. The molecule has 1 unspecified atom stereocenters. The predicted octanol–water partition coefficient (Wildman–Crippen LogP) is 4.00. The van der Waals surface area contributed by atoms with E-state index in [2.05, 4.69) is 15.7 Å². The average molecular weight is 422 g/mol. The zero-order chi connectivity index (χ0) is 22.0. The SMILES string of the molecule is Cc1cc(C)n(-c2ccc(NC(=O)c3cccc(NC(=O)C4CCCO4)c3)cc2F)n1. The quantitative estimate of drug-likeness (QED) is 0.651. The Balaban J connectivity index is 1.46. The van der Waals surface area contributed by atoms with E-state index in [-0.39, 0.29) is 5.91 Å². The number of hydrogen-bond acceptors (Lipinski definition) is 4. The fraction of sp³-hybridized carbons (Fsp3) is 0.261. The summed E-state index contributed by atoms with van der Waals surface area (Å²) in [5.41, 5.74) is 3.08. The standard InChI is InChI=1S/C23H23FN4O3/c1-14-11-15(2)28(27-14)20-9-8-18(13-19(20)24)25-22(29)16-5-3-6-17(12-16)26-23(30)21-7-4-10-31-21/h3,5-6,8-9,11-13,21H,4,7,10H2,1-2H3,(H,25,29)(H,26,30). The van der Waals surface area contributed by atoms with Crippen LogP contribution in [0.25, 0.3) is 5.69 Å². The largest absolute Gasteiger partial charge is 0.368 e. The molecule has 0 aliphatic carbocycles. The molecule has 2 amide bonds. The number of halogens is 1. The molecule has 2 N–H and O–H groups in total. The van der Waals surface area contributed by atoms with Crippen molar-refractivity contribution >= 4 is 23.2 Å². The summed E-state index contributed by atoms with van der Waals surface area (Å²) in [6.45, 7) is 4.27. The van der Waals surface area contributed by atoms with Crippen LogP contribution in [0, 0.1) is 19.7 Å². The molecule has 4 rings (SSSR count). The second-order valence-corrected chi connectivity index (χ2v) is 7.53. The first-order valence-electron chi connectivity index (χ1n) is 10.1. The number of anilines is 2. The Morgan fingerprint density at radius 1 is 1.10 bits per heavy atom. The van der Waals surface area contributed by atoms with Crippen molar-refractivity contribution in [2.24, 2.45) is 0 Å². The minimum atomic E-state index is -0.499. The number of hydrogen-bond donors (Lipinski definition) is 2. The van der Waals surface area contributed by atoms with Crippen LogP contribution < -0.4 is 10.6 Å². The molecule has 1 aromatic heterocycles. The summed E-state index contributed by atoms with van der Waals surface area (Å²) in [4.78, 5) is 24.9. The lowest BCUT2D eigenvalue weighted by Gasteiger charge is -2.12. The average Bonchev–Trinajstić information content (AvgIpc) is 3.38. The fourth-order valence-corrected chi connectivity index (χ4v) is 3.58. The van der Waals surface area contributed by atoms with Crippen molar-refractivity contribution in [2.45, 2.75) is 32.8 Å². The number of carbonyl (C=O) groups is 2. The third-order valence-electron chi connectivity index (χ3n) is 5.06. The molecule has 3 aromatic rings. The van der Waals surface area contributed by atoms with Gasteiger partial charge in [0.05, 0.1) is 5.69 Å². The van der Waals surface area contributed by atoms with Gasteiger partial charge in [0.25, 0.3) is 11.8 Å². The summed E-state index contributed by atoms with van der Waals surface area (Å²) in [7, 11) is 0. The minimum Gasteiger partial charge on any atom is -0.368 e. The van der Waals surface area contributed by atoms with E-state index in [9.17, 15) is 14.0 Å². The van der Waals surface area contributed by atoms with Gasteiger partial charge in [-0.15, -0.1) is 0 Å². The van der Waals surface area contributed by atoms with Gasteiger partial charge in [0.1, 0.15) is 11.8 Å². The van der Waals surface area contributed by atoms with Crippen LogP contribution in [0.15, 0.2) is 48.5 Å². The second-order valence-electron chi connectivity index (χ2n) is 7.53. The monoisotopic (exact) mass is 422 g/mol. The van der Waals surface area contributed by atoms with Crippen molar-refractivity contribution in [1.29, 1.82) is 0 Å². The van der Waals surface area contributed by atoms with Crippen LogP contribution >= 0.6 is 0 Å². The third kappa shape index (κ3) is 4.64. The van der Waals surface area contributed by atoms with E-state index >= 15 is 0 Å². The summed E-state index contributed by atoms with van der Waals surface area (Å²) >= 11 is 0. The molecule has 8 heteroatoms. The topological polar surface area (TPSA) is 85.2 Å². The number of amides is 2. The maximum atomic E-state index is 14.7. The molecule has 0 saturated carbocycles. The Hall–Kier alpha value is -3.52. The summed E-state index contributed by atoms with van der Waals surface area (Å²) in [5, 5.41) is 9.75. The van der Waals surface area contributed by atoms with E-state index in [1.165, 1.54) is 10.7 Å². The van der Waals surface area contributed by atoms with Gasteiger partial charge >= 0.3 is 0 Å². The van der Waals surface area contributed by atoms with E-state index in [1.807, 2.05) is 19.9 Å². The molecule has 31 heavy (non-hydrogen) atoms. The number of benzene rings is 2. The number of nitrogens with zero attached hydrogens (tertiary/aromatic N) is 2. The van der Waals surface area contributed by atoms with Crippen LogP contribution in [0.2, 0.25) is 0 Å². The van der Waals surface area contributed by atoms with Crippen LogP contribution in [-0.4, -0.2) is 34.3 Å². The van der Waals surface area contributed by atoms with Crippen molar-refractivity contribution in [2.75, 3.05) is 17.2 Å². The molecular formula is C23H23FN4O3. The number of rotatable bonds is 5. The van der Waals surface area contributed by atoms with Gasteiger partial charge in [-0.25, -0.2) is 9.07 Å². The van der Waals surface area contributed by atoms with Crippen LogP contribution in [0.4, 0.5) is 15.8 Å². The van der Waals surface area contributed by atoms with Gasteiger partial charge in [-0.3, -0.25) is 9.59 Å². The zero-order valence-electron chi connectivity index (χ0n) is 17.3. The summed E-state index contributed by atoms with van der Waals surface area (Å²) in [6.07, 6.45) is 1.09. The number of ether oxygens (including phenoxy) is 1. The Bertz CT molecular complexity index is 1140. The van der Waals surface area contributed by atoms with Gasteiger partial charge in [-0.1, -0.05) is 6.07 Å². The van der Waals surface area contributed by atoms with E-state index in [0.717, 1.165) is 17.8 Å². The van der Waals surface area contributed by atoms with Gasteiger partial charge in [0.15, 0.2) is 5.82 Å². The highest BCUT2D eigenvalue weighted by atomic mass is 19.1. The molecule has 2 heterocycles. The van der Waals surface area contributed by atoms with E-state index < -0.39 is 17.8 Å². The second kappa shape index (κ2) is 8.69. The summed E-state index contributed by atoms with van der Waals surface area (Å²) < 4.78 is 21.6. The molecule has 0 spiro atoms. The first kappa shape index (κ1) is 20.7. The van der Waals surface area contributed by atoms with Gasteiger partial charge in [0.2, 0.25) is 0 Å². The Labute approximate surface area is 179 Å². The van der Waals surface area contributed by atoms with Crippen LogP contribution in [-0.2, 0) is 9.53 Å². The lowest BCUT2D eigenvalue weighted by atomic mass is 10.1.